The van der Waals surface area contributed by atoms with Crippen molar-refractivity contribution in [2.75, 3.05) is 0 Å². The average molecular weight is 359 g/mol. The van der Waals surface area contributed by atoms with Crippen LogP contribution in [0.5, 0.6) is 0 Å². The maximum absolute atomic E-state index is 11.5. The van der Waals surface area contributed by atoms with Crippen molar-refractivity contribution in [3.05, 3.63) is 11.6 Å². The highest BCUT2D eigenvalue weighted by Gasteiger charge is 2.64. The molecule has 144 valence electrons. The molecule has 0 aromatic carbocycles. The standard InChI is InChI=1S/C21H34N4O/c1-13(24-22)21(26)11-8-18-16-5-4-14-12-15(25-23)6-9-19(14,2)17(16)7-10-20(18,21)3/h12,16-18,26H,4-11,22-23H2,1-3H3/b24-13?,25-15-/t16-,17-,18+,19-,20-,21-/m0/s1. The van der Waals surface area contributed by atoms with Crippen molar-refractivity contribution in [3.8, 4) is 0 Å². The molecule has 4 rings (SSSR count). The normalized spacial score (nSPS) is 50.0. The Morgan fingerprint density at radius 1 is 1.08 bits per heavy atom. The van der Waals surface area contributed by atoms with Crippen molar-refractivity contribution in [3.63, 3.8) is 0 Å². The van der Waals surface area contributed by atoms with Crippen LogP contribution in [-0.2, 0) is 0 Å². The molecule has 4 aliphatic carbocycles. The Labute approximate surface area is 157 Å². The van der Waals surface area contributed by atoms with Gasteiger partial charge < -0.3 is 16.8 Å². The average Bonchev–Trinajstić information content (AvgIpc) is 2.92. The molecule has 3 fully saturated rings. The molecule has 0 unspecified atom stereocenters. The minimum atomic E-state index is -0.833. The molecule has 0 heterocycles. The minimum Gasteiger partial charge on any atom is -0.383 e. The number of nitrogens with two attached hydrogens (primary N) is 2. The fourth-order valence-electron chi connectivity index (χ4n) is 7.39. The van der Waals surface area contributed by atoms with E-state index in [-0.39, 0.29) is 10.8 Å². The summed E-state index contributed by atoms with van der Waals surface area (Å²) in [6, 6.07) is 0. The van der Waals surface area contributed by atoms with Gasteiger partial charge in [-0.15, -0.1) is 0 Å². The molecule has 5 heteroatoms. The van der Waals surface area contributed by atoms with Crippen LogP contribution in [0.2, 0.25) is 0 Å². The van der Waals surface area contributed by atoms with E-state index in [1.54, 1.807) is 5.57 Å². The zero-order valence-electron chi connectivity index (χ0n) is 16.5. The first-order valence-corrected chi connectivity index (χ1v) is 10.3. The second-order valence-electron chi connectivity index (χ2n) is 9.69. The molecule has 0 bridgehead atoms. The molecule has 0 radical (unpaired) electrons. The number of hydrogen-bond acceptors (Lipinski definition) is 5. The van der Waals surface area contributed by atoms with Gasteiger partial charge in [0.25, 0.3) is 0 Å². The SMILES string of the molecule is CC(=NN)[C@@]1(O)CC[C@@H]2[C@H]3CCC4=C/C(=N\N)CC[C@]4(C)[C@H]3CC[C@@]21C. The molecule has 0 amide bonds. The number of hydrazone groups is 2. The largest absolute Gasteiger partial charge is 0.383 e. The van der Waals surface area contributed by atoms with E-state index >= 15 is 0 Å². The lowest BCUT2D eigenvalue weighted by molar-refractivity contribution is -0.0945. The van der Waals surface area contributed by atoms with Gasteiger partial charge in [0.05, 0.1) is 11.4 Å². The monoisotopic (exact) mass is 358 g/mol. The number of allylic oxidation sites excluding steroid dienone is 2. The lowest BCUT2D eigenvalue weighted by Gasteiger charge is -2.59. The maximum atomic E-state index is 11.5. The molecule has 26 heavy (non-hydrogen) atoms. The summed E-state index contributed by atoms with van der Waals surface area (Å²) >= 11 is 0. The predicted molar refractivity (Wildman–Crippen MR) is 106 cm³/mol. The van der Waals surface area contributed by atoms with Gasteiger partial charge >= 0.3 is 0 Å². The highest BCUT2D eigenvalue weighted by Crippen LogP contribution is 2.67. The topological polar surface area (TPSA) is 97.0 Å². The first kappa shape index (κ1) is 18.0. The maximum Gasteiger partial charge on any atom is 0.110 e. The van der Waals surface area contributed by atoms with E-state index in [2.05, 4.69) is 30.1 Å². The summed E-state index contributed by atoms with van der Waals surface area (Å²) in [5, 5.41) is 19.4. The highest BCUT2D eigenvalue weighted by molar-refractivity contribution is 5.96. The first-order valence-electron chi connectivity index (χ1n) is 10.3. The van der Waals surface area contributed by atoms with E-state index in [0.717, 1.165) is 44.2 Å². The fraction of sp³-hybridized carbons (Fsp3) is 0.810. The van der Waals surface area contributed by atoms with Crippen molar-refractivity contribution in [2.45, 2.75) is 77.7 Å². The Morgan fingerprint density at radius 3 is 2.50 bits per heavy atom. The van der Waals surface area contributed by atoms with Crippen LogP contribution in [-0.4, -0.2) is 22.1 Å². The third-order valence-corrected chi connectivity index (χ3v) is 9.09. The van der Waals surface area contributed by atoms with Crippen molar-refractivity contribution in [1.29, 1.82) is 0 Å². The molecular formula is C21H34N4O. The minimum absolute atomic E-state index is 0.1000. The smallest absolute Gasteiger partial charge is 0.110 e. The van der Waals surface area contributed by atoms with E-state index < -0.39 is 5.60 Å². The molecule has 0 aromatic rings. The fourth-order valence-corrected chi connectivity index (χ4v) is 7.39. The van der Waals surface area contributed by atoms with Crippen molar-refractivity contribution in [1.82, 2.24) is 0 Å². The van der Waals surface area contributed by atoms with Gasteiger partial charge in [0.15, 0.2) is 0 Å². The quantitative estimate of drug-likeness (QED) is 0.381. The van der Waals surface area contributed by atoms with Crippen LogP contribution in [0.3, 0.4) is 0 Å². The Balaban J connectivity index is 1.68. The van der Waals surface area contributed by atoms with Gasteiger partial charge in [0.1, 0.15) is 5.60 Å². The Bertz CT molecular complexity index is 698. The number of nitrogens with zero attached hydrogens (tertiary/aromatic N) is 2. The van der Waals surface area contributed by atoms with Gasteiger partial charge in [0, 0.05) is 5.41 Å². The van der Waals surface area contributed by atoms with Crippen LogP contribution in [0.15, 0.2) is 21.9 Å². The summed E-state index contributed by atoms with van der Waals surface area (Å²) in [7, 11) is 0. The van der Waals surface area contributed by atoms with Gasteiger partial charge in [0.2, 0.25) is 0 Å². The number of hydrogen-bond donors (Lipinski definition) is 3. The Kier molecular flexibility index (Phi) is 4.03. The van der Waals surface area contributed by atoms with E-state index in [0.29, 0.717) is 23.5 Å². The molecule has 0 aromatic heterocycles. The van der Waals surface area contributed by atoms with E-state index in [1.807, 2.05) is 6.92 Å². The van der Waals surface area contributed by atoms with Crippen molar-refractivity contribution in [2.24, 2.45) is 50.5 Å². The summed E-state index contributed by atoms with van der Waals surface area (Å²) in [5.41, 5.74) is 2.67. The van der Waals surface area contributed by atoms with Crippen molar-refractivity contribution >= 4 is 11.4 Å². The summed E-state index contributed by atoms with van der Waals surface area (Å²) < 4.78 is 0. The summed E-state index contributed by atoms with van der Waals surface area (Å²) in [6.45, 7) is 6.67. The summed E-state index contributed by atoms with van der Waals surface area (Å²) in [5.74, 6) is 13.1. The highest BCUT2D eigenvalue weighted by atomic mass is 16.3. The lowest BCUT2D eigenvalue weighted by Crippen LogP contribution is -2.57. The third-order valence-electron chi connectivity index (χ3n) is 9.09. The van der Waals surface area contributed by atoms with Gasteiger partial charge in [-0.3, -0.25) is 0 Å². The molecule has 0 saturated heterocycles. The predicted octanol–water partition coefficient (Wildman–Crippen LogP) is 3.33. The van der Waals surface area contributed by atoms with Crippen LogP contribution in [0, 0.1) is 28.6 Å². The van der Waals surface area contributed by atoms with Crippen LogP contribution in [0.25, 0.3) is 0 Å². The lowest BCUT2D eigenvalue weighted by atomic mass is 9.46. The molecular weight excluding hydrogens is 324 g/mol. The second kappa shape index (κ2) is 5.82. The molecule has 4 aliphatic rings. The molecule has 3 saturated carbocycles. The Hall–Kier alpha value is -1.36. The number of fused-ring (bicyclic) bond motifs is 5. The number of rotatable bonds is 1. The zero-order valence-corrected chi connectivity index (χ0v) is 16.5. The van der Waals surface area contributed by atoms with Gasteiger partial charge in [-0.2, -0.15) is 10.2 Å². The zero-order chi connectivity index (χ0) is 18.7. The molecule has 5 nitrogen and oxygen atoms in total. The van der Waals surface area contributed by atoms with Gasteiger partial charge in [-0.05, 0) is 87.5 Å². The third kappa shape index (κ3) is 2.12. The Morgan fingerprint density at radius 2 is 1.81 bits per heavy atom. The van der Waals surface area contributed by atoms with Gasteiger partial charge in [-0.1, -0.05) is 19.4 Å². The van der Waals surface area contributed by atoms with E-state index in [1.165, 1.54) is 12.8 Å². The first-order chi connectivity index (χ1) is 12.3. The van der Waals surface area contributed by atoms with Crippen molar-refractivity contribution < 1.29 is 5.11 Å². The molecule has 6 atom stereocenters. The molecule has 0 aliphatic heterocycles. The summed E-state index contributed by atoms with van der Waals surface area (Å²) in [6.07, 6.45) is 10.9. The van der Waals surface area contributed by atoms with E-state index in [4.69, 9.17) is 11.7 Å². The summed E-state index contributed by atoms with van der Waals surface area (Å²) in [4.78, 5) is 0. The molecule has 0 spiro atoms. The van der Waals surface area contributed by atoms with Crippen LogP contribution < -0.4 is 11.7 Å². The second-order valence-corrected chi connectivity index (χ2v) is 9.69. The van der Waals surface area contributed by atoms with Crippen LogP contribution >= 0.6 is 0 Å². The van der Waals surface area contributed by atoms with E-state index in [9.17, 15) is 5.11 Å². The van der Waals surface area contributed by atoms with Crippen LogP contribution in [0.1, 0.15) is 72.1 Å². The number of aliphatic hydroxyl groups is 1. The molecule has 5 N–H and O–H groups in total. The van der Waals surface area contributed by atoms with Crippen LogP contribution in [0.4, 0.5) is 0 Å². The van der Waals surface area contributed by atoms with Gasteiger partial charge in [-0.25, -0.2) is 0 Å².